The van der Waals surface area contributed by atoms with Crippen molar-refractivity contribution in [1.82, 2.24) is 33.9 Å². The van der Waals surface area contributed by atoms with Crippen LogP contribution in [0.5, 0.6) is 0 Å². The Morgan fingerprint density at radius 3 is 2.34 bits per heavy atom. The van der Waals surface area contributed by atoms with Gasteiger partial charge in [0.15, 0.2) is 17.4 Å². The monoisotopic (exact) mass is 900 g/mol. The van der Waals surface area contributed by atoms with Gasteiger partial charge in [0, 0.05) is 75.1 Å². The molecule has 0 unspecified atom stereocenters. The van der Waals surface area contributed by atoms with E-state index in [0.29, 0.717) is 34.0 Å². The summed E-state index contributed by atoms with van der Waals surface area (Å²) in [4.78, 5) is 62.1. The maximum atomic E-state index is 15.7. The highest BCUT2D eigenvalue weighted by Gasteiger charge is 2.56. The summed E-state index contributed by atoms with van der Waals surface area (Å²) < 4.78 is 77.5. The van der Waals surface area contributed by atoms with E-state index >= 15 is 8.78 Å². The lowest BCUT2D eigenvalue weighted by Crippen LogP contribution is -2.67. The molecular weight excluding hydrogens is 854 g/mol. The minimum Gasteiger partial charge on any atom is -0.368 e. The molecule has 2 N–H and O–H groups in total. The summed E-state index contributed by atoms with van der Waals surface area (Å²) in [5.41, 5.74) is -0.230. The molecule has 16 nitrogen and oxygen atoms in total. The van der Waals surface area contributed by atoms with E-state index < -0.39 is 44.9 Å². The van der Waals surface area contributed by atoms with E-state index in [4.69, 9.17) is 0 Å². The molecule has 5 aliphatic rings. The molecule has 5 fully saturated rings. The van der Waals surface area contributed by atoms with Gasteiger partial charge in [-0.15, -0.1) is 0 Å². The number of nitrogens with zero attached hydrogens (tertiary/aromatic N) is 8. The highest BCUT2D eigenvalue weighted by molar-refractivity contribution is 7.90. The Morgan fingerprint density at radius 2 is 1.64 bits per heavy atom. The Morgan fingerprint density at radius 1 is 0.922 bits per heavy atom. The summed E-state index contributed by atoms with van der Waals surface area (Å²) in [6.45, 7) is 5.29. The summed E-state index contributed by atoms with van der Waals surface area (Å²) >= 11 is 0. The van der Waals surface area contributed by atoms with Crippen LogP contribution in [0.15, 0.2) is 53.6 Å². The van der Waals surface area contributed by atoms with Crippen LogP contribution in [0.2, 0.25) is 0 Å². The third-order valence-electron chi connectivity index (χ3n) is 14.5. The number of likely N-dealkylation sites (tertiary alicyclic amines) is 1. The number of aryl methyl sites for hydroxylation is 1. The zero-order valence-corrected chi connectivity index (χ0v) is 36.4. The van der Waals surface area contributed by atoms with Crippen molar-refractivity contribution < 1.29 is 36.0 Å². The fourth-order valence-corrected chi connectivity index (χ4v) is 11.6. The maximum Gasteiger partial charge on any atom is 0.329 e. The van der Waals surface area contributed by atoms with E-state index in [1.807, 2.05) is 0 Å². The smallest absolute Gasteiger partial charge is 0.329 e. The van der Waals surface area contributed by atoms with Crippen molar-refractivity contribution in [3.63, 3.8) is 0 Å². The van der Waals surface area contributed by atoms with Gasteiger partial charge in [0.2, 0.25) is 5.91 Å². The van der Waals surface area contributed by atoms with Crippen molar-refractivity contribution in [2.75, 3.05) is 60.8 Å². The summed E-state index contributed by atoms with van der Waals surface area (Å²) in [5.74, 6) is -3.98. The molecule has 2 saturated carbocycles. The number of hydrogen-bond acceptors (Lipinski definition) is 10. The number of imide groups is 1. The van der Waals surface area contributed by atoms with Gasteiger partial charge in [-0.3, -0.25) is 38.6 Å². The van der Waals surface area contributed by atoms with Gasteiger partial charge in [-0.05, 0) is 99.5 Å². The van der Waals surface area contributed by atoms with Crippen LogP contribution in [0.1, 0.15) is 73.8 Å². The van der Waals surface area contributed by atoms with Gasteiger partial charge in [-0.1, -0.05) is 6.92 Å². The molecule has 2 spiro atoms. The molecule has 10 rings (SSSR count). The normalized spacial score (nSPS) is 21.1. The second kappa shape index (κ2) is 15.1. The summed E-state index contributed by atoms with van der Waals surface area (Å²) in [6, 6.07) is 8.85. The predicted molar refractivity (Wildman–Crippen MR) is 232 cm³/mol. The Bertz CT molecular complexity index is 2960. The van der Waals surface area contributed by atoms with Gasteiger partial charge in [0.1, 0.15) is 11.6 Å². The molecule has 5 heterocycles. The summed E-state index contributed by atoms with van der Waals surface area (Å²) in [5, 5.41) is 7.45. The van der Waals surface area contributed by atoms with Crippen molar-refractivity contribution in [2.24, 2.45) is 17.9 Å². The second-order valence-electron chi connectivity index (χ2n) is 18.4. The van der Waals surface area contributed by atoms with Crippen LogP contribution in [0.3, 0.4) is 0 Å². The van der Waals surface area contributed by atoms with Crippen LogP contribution in [0, 0.1) is 28.3 Å². The SMILES string of the molecule is CCN(C)S(=O)(=O)Nc1ccc(F)c(C(=O)c2ccc3ncn(C4CC5(CCN(C6CC7(C6)CN(c6cc8c(cc6F)c(N6CCC(=O)NC6=O)nn8C)C7)CC5)C4)c(=O)c3c2)c1F. The van der Waals surface area contributed by atoms with Crippen LogP contribution in [-0.2, 0) is 22.1 Å². The van der Waals surface area contributed by atoms with Gasteiger partial charge in [0.05, 0.1) is 39.7 Å². The van der Waals surface area contributed by atoms with E-state index in [2.05, 4.69) is 29.9 Å². The van der Waals surface area contributed by atoms with Crippen molar-refractivity contribution in [3.8, 4) is 0 Å². The second-order valence-corrected chi connectivity index (χ2v) is 20.1. The highest BCUT2D eigenvalue weighted by atomic mass is 32.2. The number of hydrogen-bond donors (Lipinski definition) is 2. The standard InChI is InChI=1S/C44H47F3N10O6S/c1-4-52(2)64(62,63)51-33-8-6-30(45)37(38(33)47)39(59)25-5-7-32-28(15-25)41(60)57(24-48-32)27-20-43(21-27)10-13-54(14-11-43)26-18-44(19-26)22-55(23-44)35-17-34-29(16-31(35)46)40(50-53(34)3)56-12-9-36(58)49-42(56)61/h5-8,15-17,24,26-27,51H,4,9-14,18-23H2,1-3H3,(H,49,58,61). The van der Waals surface area contributed by atoms with Crippen LogP contribution < -0.4 is 25.4 Å². The first kappa shape index (κ1) is 42.1. The first-order chi connectivity index (χ1) is 30.5. The number of benzene rings is 3. The number of carbonyl (C=O) groups excluding carboxylic acids is 3. The highest BCUT2D eigenvalue weighted by Crippen LogP contribution is 2.57. The number of carbonyl (C=O) groups is 3. The van der Waals surface area contributed by atoms with Crippen LogP contribution in [0.25, 0.3) is 21.8 Å². The van der Waals surface area contributed by atoms with Gasteiger partial charge >= 0.3 is 16.2 Å². The molecule has 5 aromatic rings. The maximum absolute atomic E-state index is 15.7. The zero-order chi connectivity index (χ0) is 45.0. The fourth-order valence-electron chi connectivity index (χ4n) is 10.7. The number of nitrogens with one attached hydrogen (secondary N) is 2. The molecule has 336 valence electrons. The molecule has 3 aromatic carbocycles. The number of fused-ring (bicyclic) bond motifs is 2. The van der Waals surface area contributed by atoms with Crippen molar-refractivity contribution in [2.45, 2.75) is 64.0 Å². The van der Waals surface area contributed by atoms with Crippen LogP contribution in [0.4, 0.5) is 35.2 Å². The molecular formula is C44H47F3N10O6S. The van der Waals surface area contributed by atoms with Crippen molar-refractivity contribution >= 4 is 66.9 Å². The number of anilines is 3. The Balaban J connectivity index is 0.750. The third kappa shape index (κ3) is 6.91. The average Bonchev–Trinajstić information content (AvgIpc) is 3.53. The number of rotatable bonds is 10. The first-order valence-corrected chi connectivity index (χ1v) is 23.0. The van der Waals surface area contributed by atoms with E-state index in [0.717, 1.165) is 81.1 Å². The Hall–Kier alpha value is -5.86. The minimum atomic E-state index is -4.16. The van der Waals surface area contributed by atoms with Crippen LogP contribution in [-0.4, -0.2) is 107 Å². The van der Waals surface area contributed by atoms with E-state index in [1.54, 1.807) is 29.3 Å². The molecule has 3 aliphatic heterocycles. The molecule has 0 radical (unpaired) electrons. The Labute approximate surface area is 366 Å². The molecule has 64 heavy (non-hydrogen) atoms. The third-order valence-corrected chi connectivity index (χ3v) is 16.1. The lowest BCUT2D eigenvalue weighted by Gasteiger charge is -2.63. The van der Waals surface area contributed by atoms with Gasteiger partial charge < -0.3 is 9.80 Å². The van der Waals surface area contributed by atoms with Crippen molar-refractivity contribution in [1.29, 1.82) is 0 Å². The average molecular weight is 901 g/mol. The molecule has 3 amide bonds. The number of ketones is 1. The quantitative estimate of drug-likeness (QED) is 0.180. The Kier molecular flexibility index (Phi) is 9.95. The minimum absolute atomic E-state index is 0.0865. The number of piperidine rings is 1. The summed E-state index contributed by atoms with van der Waals surface area (Å²) in [6.07, 6.45) is 7.38. The molecule has 3 saturated heterocycles. The number of aromatic nitrogens is 4. The van der Waals surface area contributed by atoms with Crippen LogP contribution >= 0.6 is 0 Å². The topological polar surface area (TPSA) is 175 Å². The van der Waals surface area contributed by atoms with E-state index in [9.17, 15) is 32.0 Å². The fraction of sp³-hybridized carbons (Fsp3) is 0.455. The molecule has 20 heteroatoms. The van der Waals surface area contributed by atoms with E-state index in [-0.39, 0.29) is 64.6 Å². The summed E-state index contributed by atoms with van der Waals surface area (Å²) in [7, 11) is -1.12. The molecule has 0 atom stereocenters. The lowest BCUT2D eigenvalue weighted by atomic mass is 9.57. The zero-order valence-electron chi connectivity index (χ0n) is 35.5. The number of amides is 3. The predicted octanol–water partition coefficient (Wildman–Crippen LogP) is 5.07. The molecule has 2 aromatic heterocycles. The molecule has 2 aliphatic carbocycles. The van der Waals surface area contributed by atoms with Crippen molar-refractivity contribution in [3.05, 3.63) is 87.7 Å². The molecule has 0 bridgehead atoms. The number of urea groups is 1. The van der Waals surface area contributed by atoms with Gasteiger partial charge in [-0.25, -0.2) is 22.9 Å². The first-order valence-electron chi connectivity index (χ1n) is 21.5. The van der Waals surface area contributed by atoms with E-state index in [1.165, 1.54) is 42.5 Å². The van der Waals surface area contributed by atoms with Gasteiger partial charge in [-0.2, -0.15) is 17.8 Å². The lowest BCUT2D eigenvalue weighted by molar-refractivity contribution is -0.120. The number of halogens is 3. The largest absolute Gasteiger partial charge is 0.368 e. The van der Waals surface area contributed by atoms with Gasteiger partial charge in [0.25, 0.3) is 5.56 Å².